The minimum atomic E-state index is -0.284. The van der Waals surface area contributed by atoms with Crippen molar-refractivity contribution < 1.29 is 9.59 Å². The Balaban J connectivity index is 1.62. The lowest BCUT2D eigenvalue weighted by molar-refractivity contribution is -0.117. The van der Waals surface area contributed by atoms with Crippen LogP contribution in [0.5, 0.6) is 0 Å². The van der Waals surface area contributed by atoms with Crippen molar-refractivity contribution in [2.45, 2.75) is 40.2 Å². The first-order valence-electron chi connectivity index (χ1n) is 8.86. The molecule has 1 fully saturated rings. The summed E-state index contributed by atoms with van der Waals surface area (Å²) in [5.41, 5.74) is 6.29. The zero-order valence-electron chi connectivity index (χ0n) is 15.7. The molecule has 0 aromatic heterocycles. The average Bonchev–Trinajstić information content (AvgIpc) is 2.93. The lowest BCUT2D eigenvalue weighted by Gasteiger charge is -2.18. The molecule has 0 saturated carbocycles. The molecule has 3 amide bonds. The summed E-state index contributed by atoms with van der Waals surface area (Å²) in [5, 5.41) is 5.75. The summed E-state index contributed by atoms with van der Waals surface area (Å²) in [7, 11) is 0. The number of urea groups is 1. The lowest BCUT2D eigenvalue weighted by atomic mass is 10.1. The van der Waals surface area contributed by atoms with Crippen LogP contribution >= 0.6 is 0 Å². The first kappa shape index (κ1) is 18.0. The van der Waals surface area contributed by atoms with Crippen LogP contribution in [-0.2, 0) is 4.79 Å². The van der Waals surface area contributed by atoms with E-state index in [-0.39, 0.29) is 18.0 Å². The minimum absolute atomic E-state index is 0.0322. The maximum absolute atomic E-state index is 12.4. The minimum Gasteiger partial charge on any atom is -0.333 e. The van der Waals surface area contributed by atoms with E-state index in [1.165, 1.54) is 11.1 Å². The number of amides is 3. The lowest BCUT2D eigenvalue weighted by Crippen LogP contribution is -2.39. The van der Waals surface area contributed by atoms with Crippen LogP contribution in [0.1, 0.15) is 28.7 Å². The fraction of sp³-hybridized carbons (Fsp3) is 0.333. The molecule has 2 N–H and O–H groups in total. The van der Waals surface area contributed by atoms with Crippen molar-refractivity contribution in [1.29, 1.82) is 0 Å². The van der Waals surface area contributed by atoms with Gasteiger partial charge < -0.3 is 15.5 Å². The quantitative estimate of drug-likeness (QED) is 0.882. The Kier molecular flexibility index (Phi) is 4.98. The van der Waals surface area contributed by atoms with Crippen LogP contribution in [0.15, 0.2) is 36.4 Å². The summed E-state index contributed by atoms with van der Waals surface area (Å²) in [5.74, 6) is 0.0322. The Morgan fingerprint density at radius 2 is 1.62 bits per heavy atom. The molecular weight excluding hydrogens is 326 g/mol. The molecule has 2 aromatic rings. The summed E-state index contributed by atoms with van der Waals surface area (Å²) < 4.78 is 0. The van der Waals surface area contributed by atoms with Gasteiger partial charge in [0.2, 0.25) is 5.91 Å². The number of hydrogen-bond donors (Lipinski definition) is 2. The summed E-state index contributed by atoms with van der Waals surface area (Å²) in [6.45, 7) is 8.61. The molecule has 136 valence electrons. The third-order valence-corrected chi connectivity index (χ3v) is 5.03. The Morgan fingerprint density at radius 3 is 2.27 bits per heavy atom. The topological polar surface area (TPSA) is 61.4 Å². The van der Waals surface area contributed by atoms with Gasteiger partial charge in [0, 0.05) is 24.3 Å². The van der Waals surface area contributed by atoms with Crippen molar-refractivity contribution in [1.82, 2.24) is 5.32 Å². The fourth-order valence-electron chi connectivity index (χ4n) is 3.12. The highest BCUT2D eigenvalue weighted by Gasteiger charge is 2.31. The molecule has 0 unspecified atom stereocenters. The van der Waals surface area contributed by atoms with Crippen molar-refractivity contribution in [3.05, 3.63) is 58.7 Å². The van der Waals surface area contributed by atoms with Gasteiger partial charge in [0.15, 0.2) is 0 Å². The van der Waals surface area contributed by atoms with Crippen LogP contribution in [0.3, 0.4) is 0 Å². The van der Waals surface area contributed by atoms with Gasteiger partial charge in [0.1, 0.15) is 0 Å². The zero-order chi connectivity index (χ0) is 18.8. The van der Waals surface area contributed by atoms with Crippen LogP contribution in [0, 0.1) is 27.7 Å². The largest absolute Gasteiger partial charge is 0.333 e. The second-order valence-corrected chi connectivity index (χ2v) is 7.07. The van der Waals surface area contributed by atoms with E-state index in [2.05, 4.69) is 10.6 Å². The molecule has 1 heterocycles. The molecule has 0 radical (unpaired) electrons. The third kappa shape index (κ3) is 3.87. The zero-order valence-corrected chi connectivity index (χ0v) is 15.7. The molecule has 1 saturated heterocycles. The van der Waals surface area contributed by atoms with E-state index in [0.29, 0.717) is 13.0 Å². The normalized spacial score (nSPS) is 16.7. The number of rotatable bonds is 3. The van der Waals surface area contributed by atoms with E-state index in [9.17, 15) is 9.59 Å². The molecule has 0 bridgehead atoms. The Bertz CT molecular complexity index is 860. The van der Waals surface area contributed by atoms with E-state index in [1.807, 2.05) is 64.1 Å². The molecule has 2 aromatic carbocycles. The molecule has 26 heavy (non-hydrogen) atoms. The molecule has 1 aliphatic heterocycles. The Morgan fingerprint density at radius 1 is 0.962 bits per heavy atom. The van der Waals surface area contributed by atoms with Crippen molar-refractivity contribution in [3.63, 3.8) is 0 Å². The summed E-state index contributed by atoms with van der Waals surface area (Å²) in [6.07, 6.45) is 0.313. The molecular formula is C21H25N3O2. The van der Waals surface area contributed by atoms with Crippen molar-refractivity contribution in [2.75, 3.05) is 16.8 Å². The number of aryl methyl sites for hydroxylation is 4. The van der Waals surface area contributed by atoms with Gasteiger partial charge in [-0.15, -0.1) is 0 Å². The Hall–Kier alpha value is -2.82. The number of carbonyl (C=O) groups excluding carboxylic acids is 2. The maximum Gasteiger partial charge on any atom is 0.319 e. The van der Waals surface area contributed by atoms with Crippen LogP contribution in [0.2, 0.25) is 0 Å². The van der Waals surface area contributed by atoms with Crippen LogP contribution in [0.4, 0.5) is 16.2 Å². The molecule has 1 atom stereocenters. The second kappa shape index (κ2) is 7.20. The van der Waals surface area contributed by atoms with Gasteiger partial charge >= 0.3 is 6.03 Å². The van der Waals surface area contributed by atoms with Crippen molar-refractivity contribution >= 4 is 23.3 Å². The number of nitrogens with zero attached hydrogens (tertiary/aromatic N) is 1. The molecule has 5 heteroatoms. The molecule has 0 aliphatic carbocycles. The number of benzene rings is 2. The third-order valence-electron chi connectivity index (χ3n) is 5.03. The van der Waals surface area contributed by atoms with E-state index in [4.69, 9.17) is 0 Å². The summed E-state index contributed by atoms with van der Waals surface area (Å²) in [4.78, 5) is 26.4. The molecule has 3 rings (SSSR count). The highest BCUT2D eigenvalue weighted by atomic mass is 16.2. The number of carbonyl (C=O) groups is 2. The molecule has 1 aliphatic rings. The van der Waals surface area contributed by atoms with Gasteiger partial charge in [0.25, 0.3) is 0 Å². The predicted molar refractivity (Wildman–Crippen MR) is 105 cm³/mol. The predicted octanol–water partition coefficient (Wildman–Crippen LogP) is 3.85. The standard InChI is InChI=1S/C21H25N3O2/c1-13-5-7-17(9-15(13)3)22-21(26)23-18-11-20(25)24(12-18)19-8-6-14(2)16(4)10-19/h5-10,18H,11-12H2,1-4H3,(H2,22,23,26)/t18-/m1/s1. The highest BCUT2D eigenvalue weighted by Crippen LogP contribution is 2.24. The second-order valence-electron chi connectivity index (χ2n) is 7.07. The molecule has 0 spiro atoms. The van der Waals surface area contributed by atoms with Crippen molar-refractivity contribution in [3.8, 4) is 0 Å². The van der Waals surface area contributed by atoms with Crippen molar-refractivity contribution in [2.24, 2.45) is 0 Å². The summed E-state index contributed by atoms with van der Waals surface area (Å²) in [6, 6.07) is 11.3. The van der Waals surface area contributed by atoms with Crippen LogP contribution < -0.4 is 15.5 Å². The fourth-order valence-corrected chi connectivity index (χ4v) is 3.12. The number of hydrogen-bond acceptors (Lipinski definition) is 2. The van der Waals surface area contributed by atoms with Crippen LogP contribution in [-0.4, -0.2) is 24.5 Å². The first-order valence-corrected chi connectivity index (χ1v) is 8.86. The van der Waals surface area contributed by atoms with Gasteiger partial charge in [-0.1, -0.05) is 12.1 Å². The number of anilines is 2. The van der Waals surface area contributed by atoms with E-state index < -0.39 is 0 Å². The Labute approximate surface area is 154 Å². The van der Waals surface area contributed by atoms with Gasteiger partial charge in [-0.3, -0.25) is 4.79 Å². The van der Waals surface area contributed by atoms with Crippen LogP contribution in [0.25, 0.3) is 0 Å². The first-order chi connectivity index (χ1) is 12.3. The van der Waals surface area contributed by atoms with E-state index >= 15 is 0 Å². The maximum atomic E-state index is 12.4. The monoisotopic (exact) mass is 351 g/mol. The van der Waals surface area contributed by atoms with E-state index in [0.717, 1.165) is 22.5 Å². The molecule has 5 nitrogen and oxygen atoms in total. The van der Waals surface area contributed by atoms with Gasteiger partial charge in [-0.05, 0) is 74.2 Å². The SMILES string of the molecule is Cc1ccc(NC(=O)N[C@@H]2CC(=O)N(c3ccc(C)c(C)c3)C2)cc1C. The smallest absolute Gasteiger partial charge is 0.319 e. The van der Waals surface area contributed by atoms with Gasteiger partial charge in [-0.2, -0.15) is 0 Å². The number of nitrogens with one attached hydrogen (secondary N) is 2. The van der Waals surface area contributed by atoms with E-state index in [1.54, 1.807) is 4.90 Å². The summed E-state index contributed by atoms with van der Waals surface area (Å²) >= 11 is 0. The van der Waals surface area contributed by atoms with Gasteiger partial charge in [0.05, 0.1) is 6.04 Å². The average molecular weight is 351 g/mol. The highest BCUT2D eigenvalue weighted by molar-refractivity contribution is 5.97. The van der Waals surface area contributed by atoms with Gasteiger partial charge in [-0.25, -0.2) is 4.79 Å².